The molecule has 0 fully saturated rings. The Balaban J connectivity index is 2.23. The summed E-state index contributed by atoms with van der Waals surface area (Å²) in [4.78, 5) is 14.8. The van der Waals surface area contributed by atoms with Crippen LogP contribution in [0.5, 0.6) is 0 Å². The van der Waals surface area contributed by atoms with Crippen molar-refractivity contribution < 1.29 is 0 Å². The van der Waals surface area contributed by atoms with Crippen molar-refractivity contribution in [2.24, 2.45) is 4.99 Å². The Morgan fingerprint density at radius 3 is 2.57 bits per heavy atom. The topological polar surface area (TPSA) is 53.4 Å². The van der Waals surface area contributed by atoms with Crippen molar-refractivity contribution in [1.29, 1.82) is 0 Å². The molecule has 1 aromatic heterocycles. The molecule has 0 radical (unpaired) electrons. The first-order valence-electron chi connectivity index (χ1n) is 6.95. The van der Waals surface area contributed by atoms with Crippen LogP contribution in [-0.2, 0) is 6.54 Å². The summed E-state index contributed by atoms with van der Waals surface area (Å²) in [5, 5.41) is 3.30. The predicted octanol–water partition coefficient (Wildman–Crippen LogP) is 3.27. The number of nitrogens with one attached hydrogen (secondary N) is 1. The van der Waals surface area contributed by atoms with Crippen LogP contribution in [0.3, 0.4) is 0 Å². The van der Waals surface area contributed by atoms with E-state index in [1.807, 2.05) is 25.2 Å². The lowest BCUT2D eigenvalue weighted by atomic mass is 10.2. The van der Waals surface area contributed by atoms with Crippen molar-refractivity contribution in [3.05, 3.63) is 42.2 Å². The lowest BCUT2D eigenvalue weighted by Crippen LogP contribution is -2.27. The quantitative estimate of drug-likeness (QED) is 0.827. The highest BCUT2D eigenvalue weighted by Crippen LogP contribution is 2.32. The van der Waals surface area contributed by atoms with E-state index in [1.165, 1.54) is 5.56 Å². The Kier molecular flexibility index (Phi) is 4.87. The Morgan fingerprint density at radius 2 is 1.95 bits per heavy atom. The first-order valence-corrected chi connectivity index (χ1v) is 6.95. The molecule has 5 heteroatoms. The summed E-state index contributed by atoms with van der Waals surface area (Å²) in [5.74, 6) is 1.48. The Morgan fingerprint density at radius 1 is 1.24 bits per heavy atom. The van der Waals surface area contributed by atoms with Crippen molar-refractivity contribution in [3.8, 4) is 0 Å². The lowest BCUT2D eigenvalue weighted by molar-refractivity contribution is 0.742. The molecular formula is C16H21N5. The Hall–Kier alpha value is -2.43. The second-order valence-electron chi connectivity index (χ2n) is 5.10. The average molecular weight is 283 g/mol. The van der Waals surface area contributed by atoms with Crippen molar-refractivity contribution in [2.45, 2.75) is 26.4 Å². The van der Waals surface area contributed by atoms with Gasteiger partial charge in [0.15, 0.2) is 11.6 Å². The van der Waals surface area contributed by atoms with Gasteiger partial charge in [-0.15, -0.1) is 0 Å². The molecule has 0 aliphatic carbocycles. The monoisotopic (exact) mass is 283 g/mol. The maximum atomic E-state index is 4.33. The van der Waals surface area contributed by atoms with Crippen LogP contribution in [0.25, 0.3) is 0 Å². The maximum absolute atomic E-state index is 4.33. The standard InChI is InChI=1S/C16H21N5/c1-12(2)21(4)16-14(17-3)15(19-11-20-16)18-10-13-8-6-5-7-9-13/h5-9,11-12H,3,10H2,1-2,4H3,(H,18,19,20). The third kappa shape index (κ3) is 3.56. The minimum atomic E-state index is 0.322. The minimum absolute atomic E-state index is 0.322. The van der Waals surface area contributed by atoms with Gasteiger partial charge in [-0.05, 0) is 26.1 Å². The van der Waals surface area contributed by atoms with E-state index in [4.69, 9.17) is 0 Å². The number of nitrogens with zero attached hydrogens (tertiary/aromatic N) is 4. The molecule has 110 valence electrons. The van der Waals surface area contributed by atoms with Crippen LogP contribution in [-0.4, -0.2) is 29.8 Å². The zero-order chi connectivity index (χ0) is 15.2. The molecule has 0 amide bonds. The van der Waals surface area contributed by atoms with Gasteiger partial charge in [-0.2, -0.15) is 0 Å². The molecule has 0 aliphatic heterocycles. The average Bonchev–Trinajstić information content (AvgIpc) is 2.52. The molecular weight excluding hydrogens is 262 g/mol. The lowest BCUT2D eigenvalue weighted by Gasteiger charge is -2.24. The fourth-order valence-electron chi connectivity index (χ4n) is 1.93. The number of anilines is 2. The number of hydrogen-bond acceptors (Lipinski definition) is 5. The highest BCUT2D eigenvalue weighted by molar-refractivity contribution is 5.76. The highest BCUT2D eigenvalue weighted by Gasteiger charge is 2.15. The van der Waals surface area contributed by atoms with Crippen molar-refractivity contribution in [3.63, 3.8) is 0 Å². The summed E-state index contributed by atoms with van der Waals surface area (Å²) in [5.41, 5.74) is 1.87. The summed E-state index contributed by atoms with van der Waals surface area (Å²) >= 11 is 0. The molecule has 0 spiro atoms. The van der Waals surface area contributed by atoms with E-state index in [0.29, 0.717) is 24.1 Å². The first-order chi connectivity index (χ1) is 10.1. The summed E-state index contributed by atoms with van der Waals surface area (Å²) in [6, 6.07) is 10.5. The van der Waals surface area contributed by atoms with Gasteiger partial charge in [-0.3, -0.25) is 4.99 Å². The zero-order valence-electron chi connectivity index (χ0n) is 12.7. The van der Waals surface area contributed by atoms with Crippen molar-refractivity contribution >= 4 is 24.0 Å². The van der Waals surface area contributed by atoms with Crippen LogP contribution in [0.4, 0.5) is 17.3 Å². The third-order valence-corrected chi connectivity index (χ3v) is 3.37. The van der Waals surface area contributed by atoms with Crippen LogP contribution in [0, 0.1) is 0 Å². The number of aliphatic imine (C=N–C) groups is 1. The van der Waals surface area contributed by atoms with Gasteiger partial charge in [0.05, 0.1) is 0 Å². The van der Waals surface area contributed by atoms with Gasteiger partial charge in [-0.1, -0.05) is 30.3 Å². The summed E-state index contributed by atoms with van der Waals surface area (Å²) in [7, 11) is 1.99. The fourth-order valence-corrected chi connectivity index (χ4v) is 1.93. The number of aromatic nitrogens is 2. The zero-order valence-corrected chi connectivity index (χ0v) is 12.7. The van der Waals surface area contributed by atoms with Crippen LogP contribution in [0.1, 0.15) is 19.4 Å². The molecule has 5 nitrogen and oxygen atoms in total. The van der Waals surface area contributed by atoms with E-state index in [2.05, 4.69) is 57.9 Å². The molecule has 1 aromatic carbocycles. The summed E-state index contributed by atoms with van der Waals surface area (Å²) in [6.45, 7) is 8.54. The Bertz CT molecular complexity index is 595. The van der Waals surface area contributed by atoms with E-state index in [9.17, 15) is 0 Å². The SMILES string of the molecule is C=Nc1c(NCc2ccccc2)ncnc1N(C)C(C)C. The summed E-state index contributed by atoms with van der Waals surface area (Å²) in [6.07, 6.45) is 1.55. The second kappa shape index (κ2) is 6.83. The molecule has 0 atom stereocenters. The molecule has 2 rings (SSSR count). The van der Waals surface area contributed by atoms with Crippen LogP contribution < -0.4 is 10.2 Å². The van der Waals surface area contributed by atoms with E-state index >= 15 is 0 Å². The van der Waals surface area contributed by atoms with Gasteiger partial charge in [0, 0.05) is 19.6 Å². The van der Waals surface area contributed by atoms with Gasteiger partial charge in [0.2, 0.25) is 0 Å². The molecule has 1 N–H and O–H groups in total. The molecule has 0 bridgehead atoms. The molecule has 0 saturated heterocycles. The van der Waals surface area contributed by atoms with E-state index in [1.54, 1.807) is 6.33 Å². The van der Waals surface area contributed by atoms with Gasteiger partial charge in [-0.25, -0.2) is 9.97 Å². The van der Waals surface area contributed by atoms with Gasteiger partial charge in [0.1, 0.15) is 12.0 Å². The van der Waals surface area contributed by atoms with Crippen LogP contribution in [0.2, 0.25) is 0 Å². The molecule has 1 heterocycles. The van der Waals surface area contributed by atoms with E-state index in [-0.39, 0.29) is 0 Å². The van der Waals surface area contributed by atoms with Gasteiger partial charge in [0.25, 0.3) is 0 Å². The minimum Gasteiger partial charge on any atom is -0.364 e. The second-order valence-corrected chi connectivity index (χ2v) is 5.10. The molecule has 21 heavy (non-hydrogen) atoms. The number of rotatable bonds is 6. The van der Waals surface area contributed by atoms with Crippen molar-refractivity contribution in [2.75, 3.05) is 17.3 Å². The number of benzene rings is 1. The maximum Gasteiger partial charge on any atom is 0.160 e. The van der Waals surface area contributed by atoms with E-state index in [0.717, 1.165) is 5.82 Å². The van der Waals surface area contributed by atoms with Gasteiger partial charge < -0.3 is 10.2 Å². The van der Waals surface area contributed by atoms with Gasteiger partial charge >= 0.3 is 0 Å². The van der Waals surface area contributed by atoms with E-state index < -0.39 is 0 Å². The fraction of sp³-hybridized carbons (Fsp3) is 0.312. The molecule has 2 aromatic rings. The number of hydrogen-bond donors (Lipinski definition) is 1. The largest absolute Gasteiger partial charge is 0.364 e. The molecule has 0 aliphatic rings. The van der Waals surface area contributed by atoms with Crippen LogP contribution >= 0.6 is 0 Å². The van der Waals surface area contributed by atoms with Crippen LogP contribution in [0.15, 0.2) is 41.7 Å². The molecule has 0 unspecified atom stereocenters. The Labute approximate surface area is 125 Å². The third-order valence-electron chi connectivity index (χ3n) is 3.37. The smallest absolute Gasteiger partial charge is 0.160 e. The molecule has 0 saturated carbocycles. The van der Waals surface area contributed by atoms with Crippen molar-refractivity contribution in [1.82, 2.24) is 9.97 Å². The first kappa shape index (κ1) is 15.0. The summed E-state index contributed by atoms with van der Waals surface area (Å²) < 4.78 is 0. The predicted molar refractivity (Wildman–Crippen MR) is 88.5 cm³/mol. The highest BCUT2D eigenvalue weighted by atomic mass is 15.2. The normalized spacial score (nSPS) is 10.5.